The Labute approximate surface area is 144 Å². The van der Waals surface area contributed by atoms with Gasteiger partial charge in [0.25, 0.3) is 5.89 Å². The molecule has 1 aliphatic heterocycles. The van der Waals surface area contributed by atoms with E-state index in [4.69, 9.17) is 9.26 Å². The number of carbonyl (C=O) groups is 1. The number of aryl methyl sites for hydroxylation is 1. The van der Waals surface area contributed by atoms with Crippen LogP contribution in [0.1, 0.15) is 42.6 Å². The number of ether oxygens (including phenoxy) is 1. The molecule has 0 spiro atoms. The number of halogens is 1. The van der Waals surface area contributed by atoms with Gasteiger partial charge in [-0.05, 0) is 32.3 Å². The molecule has 2 aliphatic rings. The molecule has 0 unspecified atom stereocenters. The number of hydrogen-bond donors (Lipinski definition) is 1. The fourth-order valence-electron chi connectivity index (χ4n) is 3.53. The molecule has 2 heterocycles. The fourth-order valence-corrected chi connectivity index (χ4v) is 3.53. The molecule has 1 amide bonds. The van der Waals surface area contributed by atoms with Crippen molar-refractivity contribution in [1.29, 1.82) is 0 Å². The summed E-state index contributed by atoms with van der Waals surface area (Å²) in [5.41, 5.74) is -0.235. The van der Waals surface area contributed by atoms with Crippen LogP contribution in [0.4, 0.5) is 4.39 Å². The van der Waals surface area contributed by atoms with Gasteiger partial charge in [-0.25, -0.2) is 4.39 Å². The number of benzene rings is 1. The zero-order valence-corrected chi connectivity index (χ0v) is 14.0. The number of nitrogens with zero attached hydrogens (tertiary/aromatic N) is 2. The van der Waals surface area contributed by atoms with Crippen LogP contribution < -0.4 is 5.32 Å². The summed E-state index contributed by atoms with van der Waals surface area (Å²) >= 11 is 0. The molecule has 0 bridgehead atoms. The standard InChI is InChI=1S/C18H20FN3O3/c1-11-21-16(25-22-11)15-12(6-9-24-15)10-20-17(23)18(7-8-18)13-4-2-3-5-14(13)19/h2-5,12,15H,6-10H2,1H3,(H,20,23)/t12-,15-/m0/s1. The van der Waals surface area contributed by atoms with Crippen molar-refractivity contribution in [2.45, 2.75) is 37.7 Å². The Morgan fingerprint density at radius 1 is 1.40 bits per heavy atom. The SMILES string of the molecule is Cc1noc([C@H]2OCC[C@H]2CNC(=O)C2(c3ccccc3F)CC2)n1. The van der Waals surface area contributed by atoms with Gasteiger partial charge in [0, 0.05) is 24.6 Å². The molecule has 1 saturated carbocycles. The van der Waals surface area contributed by atoms with E-state index in [0.717, 1.165) is 6.42 Å². The monoisotopic (exact) mass is 345 g/mol. The average Bonchev–Trinajstić information content (AvgIpc) is 3.08. The van der Waals surface area contributed by atoms with Crippen molar-refractivity contribution in [3.63, 3.8) is 0 Å². The van der Waals surface area contributed by atoms with Gasteiger partial charge in [-0.15, -0.1) is 0 Å². The quantitative estimate of drug-likeness (QED) is 0.901. The highest BCUT2D eigenvalue weighted by molar-refractivity contribution is 5.91. The highest BCUT2D eigenvalue weighted by Gasteiger charge is 2.52. The molecule has 1 aliphatic carbocycles. The number of hydrogen-bond acceptors (Lipinski definition) is 5. The van der Waals surface area contributed by atoms with Crippen LogP contribution in [0.2, 0.25) is 0 Å². The summed E-state index contributed by atoms with van der Waals surface area (Å²) < 4.78 is 25.0. The van der Waals surface area contributed by atoms with E-state index < -0.39 is 5.41 Å². The highest BCUT2D eigenvalue weighted by atomic mass is 19.1. The summed E-state index contributed by atoms with van der Waals surface area (Å²) in [6.07, 6.45) is 1.85. The number of amides is 1. The Hall–Kier alpha value is -2.28. The molecule has 132 valence electrons. The molecule has 2 atom stereocenters. The summed E-state index contributed by atoms with van der Waals surface area (Å²) in [7, 11) is 0. The predicted molar refractivity (Wildman–Crippen MR) is 86.2 cm³/mol. The van der Waals surface area contributed by atoms with Crippen molar-refractivity contribution in [1.82, 2.24) is 15.5 Å². The normalized spacial score (nSPS) is 24.2. The van der Waals surface area contributed by atoms with Crippen LogP contribution in [0.25, 0.3) is 0 Å². The molecule has 2 fully saturated rings. The van der Waals surface area contributed by atoms with Gasteiger partial charge >= 0.3 is 0 Å². The van der Waals surface area contributed by atoms with Gasteiger partial charge in [0.05, 0.1) is 5.41 Å². The number of nitrogens with one attached hydrogen (secondary N) is 1. The third-order valence-electron chi connectivity index (χ3n) is 5.10. The molecule has 7 heteroatoms. The van der Waals surface area contributed by atoms with Crippen LogP contribution in [-0.4, -0.2) is 29.2 Å². The van der Waals surface area contributed by atoms with Gasteiger partial charge in [-0.1, -0.05) is 23.4 Å². The first-order valence-corrected chi connectivity index (χ1v) is 8.55. The van der Waals surface area contributed by atoms with Crippen LogP contribution in [0.15, 0.2) is 28.8 Å². The van der Waals surface area contributed by atoms with E-state index in [-0.39, 0.29) is 23.7 Å². The molecular weight excluding hydrogens is 325 g/mol. The van der Waals surface area contributed by atoms with Crippen LogP contribution >= 0.6 is 0 Å². The van der Waals surface area contributed by atoms with Gasteiger partial charge in [-0.3, -0.25) is 4.79 Å². The first-order valence-electron chi connectivity index (χ1n) is 8.55. The summed E-state index contributed by atoms with van der Waals surface area (Å²) in [6.45, 7) is 2.79. The van der Waals surface area contributed by atoms with Gasteiger partial charge in [0.1, 0.15) is 11.9 Å². The van der Waals surface area contributed by atoms with Crippen LogP contribution in [0.5, 0.6) is 0 Å². The van der Waals surface area contributed by atoms with Gasteiger partial charge in [0.15, 0.2) is 5.82 Å². The third-order valence-corrected chi connectivity index (χ3v) is 5.10. The Morgan fingerprint density at radius 3 is 2.88 bits per heavy atom. The summed E-state index contributed by atoms with van der Waals surface area (Å²) in [5.74, 6) is 0.637. The topological polar surface area (TPSA) is 77.3 Å². The van der Waals surface area contributed by atoms with Crippen LogP contribution in [0.3, 0.4) is 0 Å². The van der Waals surface area contributed by atoms with E-state index in [9.17, 15) is 9.18 Å². The minimum absolute atomic E-state index is 0.0696. The van der Waals surface area contributed by atoms with Crippen molar-refractivity contribution in [2.75, 3.05) is 13.2 Å². The number of rotatable bonds is 5. The highest BCUT2D eigenvalue weighted by Crippen LogP contribution is 2.49. The zero-order valence-electron chi connectivity index (χ0n) is 14.0. The van der Waals surface area contributed by atoms with Crippen molar-refractivity contribution in [3.05, 3.63) is 47.4 Å². The van der Waals surface area contributed by atoms with E-state index in [1.54, 1.807) is 25.1 Å². The largest absolute Gasteiger partial charge is 0.368 e. The lowest BCUT2D eigenvalue weighted by molar-refractivity contribution is -0.124. The maximum Gasteiger partial charge on any atom is 0.256 e. The molecule has 1 aromatic heterocycles. The van der Waals surface area contributed by atoms with E-state index in [0.29, 0.717) is 43.3 Å². The molecule has 4 rings (SSSR count). The molecule has 0 radical (unpaired) electrons. The Morgan fingerprint density at radius 2 is 2.20 bits per heavy atom. The minimum atomic E-state index is -0.721. The molecule has 2 aromatic rings. The second-order valence-electron chi connectivity index (χ2n) is 6.79. The lowest BCUT2D eigenvalue weighted by atomic mass is 9.93. The van der Waals surface area contributed by atoms with Crippen molar-refractivity contribution >= 4 is 5.91 Å². The Bertz CT molecular complexity index is 787. The summed E-state index contributed by atoms with van der Waals surface area (Å²) in [4.78, 5) is 16.9. The maximum absolute atomic E-state index is 14.1. The van der Waals surface area contributed by atoms with Crippen molar-refractivity contribution in [2.24, 2.45) is 5.92 Å². The first kappa shape index (κ1) is 16.2. The molecule has 1 aromatic carbocycles. The lowest BCUT2D eigenvalue weighted by Crippen LogP contribution is -2.38. The average molecular weight is 345 g/mol. The van der Waals surface area contributed by atoms with E-state index in [1.807, 2.05) is 0 Å². The zero-order chi connectivity index (χ0) is 17.4. The fraction of sp³-hybridized carbons (Fsp3) is 0.500. The van der Waals surface area contributed by atoms with Crippen LogP contribution in [0, 0.1) is 18.7 Å². The number of carbonyl (C=O) groups excluding carboxylic acids is 1. The van der Waals surface area contributed by atoms with Gasteiger partial charge < -0.3 is 14.6 Å². The predicted octanol–water partition coefficient (Wildman–Crippen LogP) is 2.44. The van der Waals surface area contributed by atoms with Gasteiger partial charge in [-0.2, -0.15) is 4.98 Å². The third kappa shape index (κ3) is 2.93. The molecule has 25 heavy (non-hydrogen) atoms. The van der Waals surface area contributed by atoms with E-state index in [2.05, 4.69) is 15.5 Å². The summed E-state index contributed by atoms with van der Waals surface area (Å²) in [5, 5.41) is 6.78. The minimum Gasteiger partial charge on any atom is -0.368 e. The second-order valence-corrected chi connectivity index (χ2v) is 6.79. The van der Waals surface area contributed by atoms with E-state index in [1.165, 1.54) is 6.07 Å². The molecular formula is C18H20FN3O3. The second kappa shape index (κ2) is 6.22. The lowest BCUT2D eigenvalue weighted by Gasteiger charge is -2.20. The smallest absolute Gasteiger partial charge is 0.256 e. The Balaban J connectivity index is 1.43. The van der Waals surface area contributed by atoms with E-state index >= 15 is 0 Å². The molecule has 1 N–H and O–H groups in total. The van der Waals surface area contributed by atoms with Crippen LogP contribution in [-0.2, 0) is 14.9 Å². The van der Waals surface area contributed by atoms with Crippen molar-refractivity contribution < 1.29 is 18.4 Å². The maximum atomic E-state index is 14.1. The van der Waals surface area contributed by atoms with Gasteiger partial charge in [0.2, 0.25) is 5.91 Å². The molecule has 1 saturated heterocycles. The van der Waals surface area contributed by atoms with Crippen molar-refractivity contribution in [3.8, 4) is 0 Å². The Kier molecular flexibility index (Phi) is 4.03. The first-order chi connectivity index (χ1) is 12.1. The molecule has 6 nitrogen and oxygen atoms in total. The summed E-state index contributed by atoms with van der Waals surface area (Å²) in [6, 6.07) is 6.51. The number of aromatic nitrogens is 2.